The van der Waals surface area contributed by atoms with E-state index in [4.69, 9.17) is 9.47 Å². The minimum Gasteiger partial charge on any atom is -0.457 e. The molecule has 0 saturated carbocycles. The van der Waals surface area contributed by atoms with E-state index < -0.39 is 23.3 Å². The van der Waals surface area contributed by atoms with Crippen molar-refractivity contribution in [3.05, 3.63) is 22.9 Å². The summed E-state index contributed by atoms with van der Waals surface area (Å²) in [6.45, 7) is 13.0. The monoisotopic (exact) mass is 367 g/mol. The number of carbonyl (C=O) groups excluding carboxylic acids is 2. The van der Waals surface area contributed by atoms with Crippen molar-refractivity contribution >= 4 is 12.1 Å². The normalized spacial score (nSPS) is 18.4. The quantitative estimate of drug-likeness (QED) is 0.744. The van der Waals surface area contributed by atoms with E-state index >= 15 is 0 Å². The van der Waals surface area contributed by atoms with Crippen molar-refractivity contribution in [2.24, 2.45) is 0 Å². The standard InChI is InChI=1S/C19H33N3O4/c1-12-11-22(9)15(20-8)14(16(23)25-18(2,3)4)13(12)10-21-17(24)26-19(5,6)7/h11,15,20H,10H2,1-9H3,(H,21,24). The van der Waals surface area contributed by atoms with Crippen LogP contribution in [0, 0.1) is 0 Å². The number of hydrogen-bond acceptors (Lipinski definition) is 6. The molecular weight excluding hydrogens is 334 g/mol. The van der Waals surface area contributed by atoms with E-state index in [0.29, 0.717) is 5.57 Å². The van der Waals surface area contributed by atoms with E-state index in [1.54, 1.807) is 27.8 Å². The van der Waals surface area contributed by atoms with Gasteiger partial charge in [-0.15, -0.1) is 0 Å². The zero-order valence-corrected chi connectivity index (χ0v) is 17.4. The number of likely N-dealkylation sites (N-methyl/N-ethyl adjacent to an activating group) is 2. The smallest absolute Gasteiger partial charge is 0.407 e. The molecule has 26 heavy (non-hydrogen) atoms. The second-order valence-electron chi connectivity index (χ2n) is 8.42. The average molecular weight is 367 g/mol. The molecular formula is C19H33N3O4. The Hall–Kier alpha value is -2.02. The first kappa shape index (κ1) is 22.0. The van der Waals surface area contributed by atoms with Crippen LogP contribution in [0.5, 0.6) is 0 Å². The molecule has 0 saturated heterocycles. The van der Waals surface area contributed by atoms with Gasteiger partial charge in [-0.1, -0.05) is 0 Å². The third-order valence-electron chi connectivity index (χ3n) is 3.58. The lowest BCUT2D eigenvalue weighted by molar-refractivity contribution is -0.150. The highest BCUT2D eigenvalue weighted by Crippen LogP contribution is 2.27. The molecule has 148 valence electrons. The molecule has 0 bridgehead atoms. The molecule has 1 aliphatic rings. The van der Waals surface area contributed by atoms with Crippen LogP contribution in [-0.2, 0) is 14.3 Å². The van der Waals surface area contributed by atoms with Crippen molar-refractivity contribution < 1.29 is 19.1 Å². The molecule has 1 aliphatic heterocycles. The fourth-order valence-electron chi connectivity index (χ4n) is 2.66. The zero-order valence-electron chi connectivity index (χ0n) is 17.4. The van der Waals surface area contributed by atoms with Crippen LogP contribution in [-0.4, -0.2) is 55.0 Å². The number of amides is 1. The third-order valence-corrected chi connectivity index (χ3v) is 3.58. The maximum absolute atomic E-state index is 12.8. The predicted octanol–water partition coefficient (Wildman–Crippen LogP) is 2.54. The number of nitrogens with one attached hydrogen (secondary N) is 2. The van der Waals surface area contributed by atoms with Crippen LogP contribution in [0.2, 0.25) is 0 Å². The lowest BCUT2D eigenvalue weighted by atomic mass is 9.95. The fourth-order valence-corrected chi connectivity index (χ4v) is 2.66. The van der Waals surface area contributed by atoms with Gasteiger partial charge < -0.3 is 19.7 Å². The lowest BCUT2D eigenvalue weighted by Gasteiger charge is -2.35. The van der Waals surface area contributed by atoms with Gasteiger partial charge in [0.15, 0.2) is 0 Å². The Kier molecular flexibility index (Phi) is 6.88. The van der Waals surface area contributed by atoms with E-state index in [1.165, 1.54) is 0 Å². The Morgan fingerprint density at radius 1 is 1.12 bits per heavy atom. The molecule has 1 unspecified atom stereocenters. The summed E-state index contributed by atoms with van der Waals surface area (Å²) in [5, 5.41) is 5.86. The van der Waals surface area contributed by atoms with Gasteiger partial charge in [-0.25, -0.2) is 9.59 Å². The molecule has 0 radical (unpaired) electrons. The van der Waals surface area contributed by atoms with Crippen LogP contribution in [0.1, 0.15) is 48.5 Å². The van der Waals surface area contributed by atoms with Crippen LogP contribution in [0.4, 0.5) is 4.79 Å². The number of hydrogen-bond donors (Lipinski definition) is 2. The van der Waals surface area contributed by atoms with Crippen molar-refractivity contribution in [3.63, 3.8) is 0 Å². The Morgan fingerprint density at radius 2 is 1.65 bits per heavy atom. The first-order valence-electron chi connectivity index (χ1n) is 8.76. The largest absolute Gasteiger partial charge is 0.457 e. The minimum atomic E-state index is -0.611. The second kappa shape index (κ2) is 8.12. The summed E-state index contributed by atoms with van der Waals surface area (Å²) in [6, 6.07) is 0. The zero-order chi connectivity index (χ0) is 20.3. The van der Waals surface area contributed by atoms with Gasteiger partial charge in [0.05, 0.1) is 5.57 Å². The maximum atomic E-state index is 12.8. The topological polar surface area (TPSA) is 79.9 Å². The molecule has 1 heterocycles. The van der Waals surface area contributed by atoms with Gasteiger partial charge in [0.2, 0.25) is 0 Å². The highest BCUT2D eigenvalue weighted by Gasteiger charge is 2.33. The number of rotatable bonds is 4. The first-order valence-corrected chi connectivity index (χ1v) is 8.76. The molecule has 7 nitrogen and oxygen atoms in total. The van der Waals surface area contributed by atoms with Gasteiger partial charge in [0.25, 0.3) is 0 Å². The molecule has 0 fully saturated rings. The molecule has 0 aromatic carbocycles. The summed E-state index contributed by atoms with van der Waals surface area (Å²) in [5.74, 6) is -0.405. The lowest BCUT2D eigenvalue weighted by Crippen LogP contribution is -2.47. The summed E-state index contributed by atoms with van der Waals surface area (Å²) < 4.78 is 10.9. The summed E-state index contributed by atoms with van der Waals surface area (Å²) in [6.07, 6.45) is 1.06. The van der Waals surface area contributed by atoms with Crippen molar-refractivity contribution in [2.75, 3.05) is 20.6 Å². The van der Waals surface area contributed by atoms with Crippen LogP contribution in [0.15, 0.2) is 22.9 Å². The molecule has 0 aromatic rings. The Morgan fingerprint density at radius 3 is 2.12 bits per heavy atom. The number of carbonyl (C=O) groups is 2. The van der Waals surface area contributed by atoms with E-state index in [1.807, 2.05) is 45.8 Å². The van der Waals surface area contributed by atoms with Gasteiger partial charge in [0.1, 0.15) is 17.4 Å². The predicted molar refractivity (Wildman–Crippen MR) is 101 cm³/mol. The van der Waals surface area contributed by atoms with Crippen LogP contribution in [0.25, 0.3) is 0 Å². The number of esters is 1. The van der Waals surface area contributed by atoms with Gasteiger partial charge in [-0.3, -0.25) is 5.32 Å². The Balaban J connectivity index is 3.15. The first-order chi connectivity index (χ1) is 11.7. The van der Waals surface area contributed by atoms with Crippen LogP contribution < -0.4 is 10.6 Å². The summed E-state index contributed by atoms with van der Waals surface area (Å²) in [7, 11) is 3.66. The maximum Gasteiger partial charge on any atom is 0.407 e. The van der Waals surface area contributed by atoms with Crippen LogP contribution in [0.3, 0.4) is 0 Å². The van der Waals surface area contributed by atoms with E-state index in [-0.39, 0.29) is 12.7 Å². The summed E-state index contributed by atoms with van der Waals surface area (Å²) in [5.41, 5.74) is 0.900. The Bertz CT molecular complexity index is 609. The number of alkyl carbamates (subject to hydrolysis) is 1. The van der Waals surface area contributed by atoms with Crippen molar-refractivity contribution in [3.8, 4) is 0 Å². The third kappa shape index (κ3) is 6.37. The second-order valence-corrected chi connectivity index (χ2v) is 8.42. The molecule has 1 atom stereocenters. The molecule has 1 rings (SSSR count). The average Bonchev–Trinajstić information content (AvgIpc) is 2.41. The minimum absolute atomic E-state index is 0.178. The van der Waals surface area contributed by atoms with Crippen molar-refractivity contribution in [1.29, 1.82) is 0 Å². The van der Waals surface area contributed by atoms with Gasteiger partial charge in [-0.05, 0) is 66.7 Å². The van der Waals surface area contributed by atoms with E-state index in [0.717, 1.165) is 11.1 Å². The van der Waals surface area contributed by atoms with Gasteiger partial charge >= 0.3 is 12.1 Å². The molecule has 0 aromatic heterocycles. The SMILES string of the molecule is CNC1C(C(=O)OC(C)(C)C)=C(CNC(=O)OC(C)(C)C)C(C)=CN1C. The van der Waals surface area contributed by atoms with Crippen LogP contribution >= 0.6 is 0 Å². The molecule has 2 N–H and O–H groups in total. The van der Waals surface area contributed by atoms with E-state index in [2.05, 4.69) is 10.6 Å². The fraction of sp³-hybridized carbons (Fsp3) is 0.684. The highest BCUT2D eigenvalue weighted by molar-refractivity contribution is 5.92. The molecule has 7 heteroatoms. The Labute approximate surface area is 156 Å². The number of nitrogens with zero attached hydrogens (tertiary/aromatic N) is 1. The molecule has 0 aliphatic carbocycles. The molecule has 1 amide bonds. The van der Waals surface area contributed by atoms with Gasteiger partial charge in [0, 0.05) is 19.8 Å². The van der Waals surface area contributed by atoms with Crippen molar-refractivity contribution in [1.82, 2.24) is 15.5 Å². The molecule has 0 spiro atoms. The van der Waals surface area contributed by atoms with Gasteiger partial charge in [-0.2, -0.15) is 0 Å². The summed E-state index contributed by atoms with van der Waals surface area (Å²) in [4.78, 5) is 26.8. The highest BCUT2D eigenvalue weighted by atomic mass is 16.6. The number of ether oxygens (including phenoxy) is 2. The van der Waals surface area contributed by atoms with E-state index in [9.17, 15) is 9.59 Å². The summed E-state index contributed by atoms with van der Waals surface area (Å²) >= 11 is 0. The van der Waals surface area contributed by atoms with Crippen molar-refractivity contribution in [2.45, 2.75) is 65.8 Å².